The zero-order valence-electron chi connectivity index (χ0n) is 18.5. The highest BCUT2D eigenvalue weighted by molar-refractivity contribution is 5.97. The van der Waals surface area contributed by atoms with E-state index in [4.69, 9.17) is 15.2 Å². The molecule has 1 aliphatic rings. The predicted octanol–water partition coefficient (Wildman–Crippen LogP) is 3.68. The van der Waals surface area contributed by atoms with Crippen molar-refractivity contribution in [3.8, 4) is 5.88 Å². The van der Waals surface area contributed by atoms with Crippen molar-refractivity contribution in [2.24, 2.45) is 11.7 Å². The van der Waals surface area contributed by atoms with E-state index in [0.717, 1.165) is 32.4 Å². The lowest BCUT2D eigenvalue weighted by molar-refractivity contribution is -0.272. The fraction of sp³-hybridized carbons (Fsp3) is 0.429. The molecule has 2 amide bonds. The molecular weight excluding hydrogens is 486 g/mol. The second-order valence-corrected chi connectivity index (χ2v) is 8.03. The topological polar surface area (TPSA) is 116 Å². The van der Waals surface area contributed by atoms with Gasteiger partial charge in [-0.3, -0.25) is 14.6 Å². The van der Waals surface area contributed by atoms with Crippen LogP contribution in [0.4, 0.5) is 32.0 Å². The number of hydrogen-bond donors (Lipinski definition) is 2. The number of nitrogens with two attached hydrogens (primary N) is 1. The molecule has 0 radical (unpaired) electrons. The average molecular weight is 506 g/mol. The van der Waals surface area contributed by atoms with E-state index in [1.54, 1.807) is 0 Å². The fourth-order valence-electron chi connectivity index (χ4n) is 3.91. The van der Waals surface area contributed by atoms with Crippen LogP contribution in [0.3, 0.4) is 0 Å². The first-order chi connectivity index (χ1) is 16.1. The van der Waals surface area contributed by atoms with E-state index in [1.165, 1.54) is 13.0 Å². The third-order valence-electron chi connectivity index (χ3n) is 5.94. The van der Waals surface area contributed by atoms with Crippen LogP contribution >= 0.6 is 0 Å². The minimum absolute atomic E-state index is 0.00748. The Morgan fingerprint density at radius 3 is 2.37 bits per heavy atom. The highest BCUT2D eigenvalue weighted by Crippen LogP contribution is 2.54. The van der Waals surface area contributed by atoms with E-state index in [2.05, 4.69) is 15.3 Å². The van der Waals surface area contributed by atoms with Crippen LogP contribution in [0.15, 0.2) is 30.5 Å². The maximum Gasteiger partial charge on any atom is 0.433 e. The quantitative estimate of drug-likeness (QED) is 0.598. The fourth-order valence-corrected chi connectivity index (χ4v) is 3.91. The van der Waals surface area contributed by atoms with Gasteiger partial charge in [0.25, 0.3) is 11.8 Å². The molecule has 4 atom stereocenters. The van der Waals surface area contributed by atoms with E-state index in [-0.39, 0.29) is 16.9 Å². The number of hydrogen-bond acceptors (Lipinski definition) is 6. The molecule has 1 fully saturated rings. The van der Waals surface area contributed by atoms with Crippen molar-refractivity contribution >= 4 is 17.5 Å². The molecule has 3 heterocycles. The lowest BCUT2D eigenvalue weighted by Gasteiger charge is -2.31. The van der Waals surface area contributed by atoms with Gasteiger partial charge in [-0.1, -0.05) is 13.0 Å². The van der Waals surface area contributed by atoms with E-state index >= 15 is 0 Å². The Labute approximate surface area is 194 Å². The van der Waals surface area contributed by atoms with Crippen molar-refractivity contribution in [2.45, 2.75) is 43.8 Å². The zero-order chi connectivity index (χ0) is 26.3. The van der Waals surface area contributed by atoms with Crippen LogP contribution in [0.5, 0.6) is 5.88 Å². The molecule has 14 heteroatoms. The van der Waals surface area contributed by atoms with Gasteiger partial charge in [-0.25, -0.2) is 4.98 Å². The number of nitrogens with zero attached hydrogens (tertiary/aromatic N) is 2. The Morgan fingerprint density at radius 2 is 1.83 bits per heavy atom. The van der Waals surface area contributed by atoms with E-state index in [9.17, 15) is 35.9 Å². The summed E-state index contributed by atoms with van der Waals surface area (Å²) in [4.78, 5) is 31.5. The molecule has 35 heavy (non-hydrogen) atoms. The van der Waals surface area contributed by atoms with Crippen molar-refractivity contribution < 1.29 is 45.4 Å². The number of primary amides is 1. The highest BCUT2D eigenvalue weighted by atomic mass is 19.4. The molecule has 2 aromatic rings. The number of ether oxygens (including phenoxy) is 2. The van der Waals surface area contributed by atoms with Gasteiger partial charge in [-0.2, -0.15) is 26.3 Å². The predicted molar refractivity (Wildman–Crippen MR) is 108 cm³/mol. The first-order valence-electron chi connectivity index (χ1n) is 10.0. The summed E-state index contributed by atoms with van der Waals surface area (Å²) in [7, 11) is 1.01. The number of carbonyl (C=O) groups is 2. The standard InChI is InChI=1S/C21H20F6N4O4/c1-9-14(11-4-5-13(20(22,23)24)31-18(11)34-3)15(35-19(9,2)21(25,26)27)17(33)30-10-6-7-29-12(8-10)16(28)32/h4-9,14-15H,1-3H3,(H2,28,32)(H,29,30,33)/t9-,14-,15-,19+/m1/s1. The summed E-state index contributed by atoms with van der Waals surface area (Å²) in [5.41, 5.74) is 0.602. The summed E-state index contributed by atoms with van der Waals surface area (Å²) in [5.74, 6) is -5.38. The lowest BCUT2D eigenvalue weighted by Crippen LogP contribution is -2.47. The number of nitrogens with one attached hydrogen (secondary N) is 1. The molecule has 3 N–H and O–H groups in total. The number of pyridine rings is 2. The molecule has 0 aliphatic carbocycles. The van der Waals surface area contributed by atoms with Gasteiger partial charge in [0.2, 0.25) is 5.88 Å². The van der Waals surface area contributed by atoms with Crippen molar-refractivity contribution in [3.05, 3.63) is 47.4 Å². The van der Waals surface area contributed by atoms with Crippen LogP contribution in [0.1, 0.15) is 41.5 Å². The van der Waals surface area contributed by atoms with Gasteiger partial charge in [-0.15, -0.1) is 0 Å². The Hall–Kier alpha value is -3.42. The summed E-state index contributed by atoms with van der Waals surface area (Å²) in [6.07, 6.45) is -10.4. The molecule has 0 spiro atoms. The van der Waals surface area contributed by atoms with Gasteiger partial charge in [-0.05, 0) is 25.1 Å². The Bertz CT molecular complexity index is 1140. The zero-order valence-corrected chi connectivity index (χ0v) is 18.5. The second kappa shape index (κ2) is 8.98. The first kappa shape index (κ1) is 26.2. The van der Waals surface area contributed by atoms with Crippen LogP contribution in [0, 0.1) is 5.92 Å². The highest BCUT2D eigenvalue weighted by Gasteiger charge is 2.66. The summed E-state index contributed by atoms with van der Waals surface area (Å²) in [6.45, 7) is 1.92. The minimum atomic E-state index is -4.93. The lowest BCUT2D eigenvalue weighted by atomic mass is 9.77. The molecule has 8 nitrogen and oxygen atoms in total. The van der Waals surface area contributed by atoms with E-state index in [0.29, 0.717) is 6.07 Å². The molecule has 2 aromatic heterocycles. The van der Waals surface area contributed by atoms with Gasteiger partial charge in [0.15, 0.2) is 5.60 Å². The molecule has 3 rings (SSSR count). The molecule has 1 aliphatic heterocycles. The van der Waals surface area contributed by atoms with E-state index < -0.39 is 59.3 Å². The first-order valence-corrected chi connectivity index (χ1v) is 10.0. The molecule has 0 aromatic carbocycles. The van der Waals surface area contributed by atoms with Crippen molar-refractivity contribution in [2.75, 3.05) is 12.4 Å². The normalized spacial score (nSPS) is 24.8. The van der Waals surface area contributed by atoms with E-state index in [1.807, 2.05) is 0 Å². The monoisotopic (exact) mass is 506 g/mol. The van der Waals surface area contributed by atoms with Crippen LogP contribution in [0.2, 0.25) is 0 Å². The van der Waals surface area contributed by atoms with Gasteiger partial charge in [0.1, 0.15) is 17.5 Å². The molecule has 0 bridgehead atoms. The van der Waals surface area contributed by atoms with Crippen LogP contribution < -0.4 is 15.8 Å². The van der Waals surface area contributed by atoms with Gasteiger partial charge >= 0.3 is 12.4 Å². The molecular formula is C21H20F6N4O4. The van der Waals surface area contributed by atoms with Crippen molar-refractivity contribution in [1.82, 2.24) is 9.97 Å². The summed E-state index contributed by atoms with van der Waals surface area (Å²) in [6, 6.07) is 3.88. The van der Waals surface area contributed by atoms with Crippen LogP contribution in [0.25, 0.3) is 0 Å². The van der Waals surface area contributed by atoms with Crippen molar-refractivity contribution in [3.63, 3.8) is 0 Å². The third-order valence-corrected chi connectivity index (χ3v) is 5.94. The molecule has 1 saturated heterocycles. The number of carbonyl (C=O) groups excluding carboxylic acids is 2. The summed E-state index contributed by atoms with van der Waals surface area (Å²) >= 11 is 0. The second-order valence-electron chi connectivity index (χ2n) is 8.03. The number of rotatable bonds is 5. The van der Waals surface area contributed by atoms with Gasteiger partial charge < -0.3 is 20.5 Å². The number of alkyl halides is 6. The summed E-state index contributed by atoms with van der Waals surface area (Å²) in [5, 5.41) is 2.34. The Balaban J connectivity index is 2.07. The number of amides is 2. The van der Waals surface area contributed by atoms with Crippen LogP contribution in [-0.4, -0.2) is 46.8 Å². The Morgan fingerprint density at radius 1 is 1.17 bits per heavy atom. The van der Waals surface area contributed by atoms with Gasteiger partial charge in [0.05, 0.1) is 7.11 Å². The van der Waals surface area contributed by atoms with Crippen molar-refractivity contribution in [1.29, 1.82) is 0 Å². The maximum atomic E-state index is 14.0. The third kappa shape index (κ3) is 4.88. The maximum absolute atomic E-state index is 14.0. The molecule has 0 unspecified atom stereocenters. The average Bonchev–Trinajstić information content (AvgIpc) is 3.04. The minimum Gasteiger partial charge on any atom is -0.481 e. The summed E-state index contributed by atoms with van der Waals surface area (Å²) < 4.78 is 91.5. The smallest absolute Gasteiger partial charge is 0.433 e. The number of halogens is 6. The number of methoxy groups -OCH3 is 1. The largest absolute Gasteiger partial charge is 0.481 e. The number of anilines is 1. The van der Waals surface area contributed by atoms with Crippen LogP contribution in [-0.2, 0) is 15.7 Å². The SMILES string of the molecule is COc1nc(C(F)(F)F)ccc1[C@H]1[C@@H](C)[C@@](C)(C(F)(F)F)O[C@H]1C(=O)Nc1ccnc(C(N)=O)c1. The molecule has 0 saturated carbocycles. The molecule has 190 valence electrons. The van der Waals surface area contributed by atoms with Gasteiger partial charge in [0, 0.05) is 29.3 Å². The number of aromatic nitrogens is 2. The Kier molecular flexibility index (Phi) is 6.72.